The second-order valence-electron chi connectivity index (χ2n) is 5.98. The summed E-state index contributed by atoms with van der Waals surface area (Å²) in [5.74, 6) is 0.0554. The van der Waals surface area contributed by atoms with Gasteiger partial charge in [-0.25, -0.2) is 10.2 Å². The molecule has 4 N–H and O–H groups in total. The van der Waals surface area contributed by atoms with Crippen LogP contribution in [0.3, 0.4) is 0 Å². The summed E-state index contributed by atoms with van der Waals surface area (Å²) in [5.41, 5.74) is 5.40. The van der Waals surface area contributed by atoms with Crippen LogP contribution in [0.4, 0.5) is 10.5 Å². The molecule has 0 aliphatic rings. The van der Waals surface area contributed by atoms with Crippen LogP contribution in [0.15, 0.2) is 69.6 Å². The number of urea groups is 1. The fraction of sp³-hybridized carbons (Fsp3) is 0.0500. The maximum atomic E-state index is 12.1. The van der Waals surface area contributed by atoms with Crippen molar-refractivity contribution in [3.05, 3.63) is 69.6 Å². The number of para-hydroxylation sites is 1. The van der Waals surface area contributed by atoms with E-state index in [2.05, 4.69) is 53.3 Å². The number of benzene rings is 3. The van der Waals surface area contributed by atoms with Crippen molar-refractivity contribution >= 4 is 77.6 Å². The Kier molecular flexibility index (Phi) is 7.61. The highest BCUT2D eigenvalue weighted by Gasteiger charge is 2.11. The van der Waals surface area contributed by atoms with Crippen molar-refractivity contribution in [2.24, 2.45) is 0 Å². The van der Waals surface area contributed by atoms with Crippen molar-refractivity contribution in [3.8, 4) is 5.75 Å². The summed E-state index contributed by atoms with van der Waals surface area (Å²) in [6, 6.07) is 17.9. The van der Waals surface area contributed by atoms with Gasteiger partial charge in [0.05, 0.1) is 4.47 Å². The highest BCUT2D eigenvalue weighted by atomic mass is 79.9. The van der Waals surface area contributed by atoms with Crippen LogP contribution < -0.4 is 26.2 Å². The van der Waals surface area contributed by atoms with Gasteiger partial charge >= 0.3 is 6.03 Å². The molecule has 0 saturated heterocycles. The van der Waals surface area contributed by atoms with Crippen LogP contribution in [-0.4, -0.2) is 23.7 Å². The van der Waals surface area contributed by atoms with Crippen molar-refractivity contribution in [2.75, 3.05) is 11.9 Å². The van der Waals surface area contributed by atoms with Gasteiger partial charge in [0.25, 0.3) is 5.91 Å². The van der Waals surface area contributed by atoms with E-state index in [0.717, 1.165) is 19.7 Å². The lowest BCUT2D eigenvalue weighted by molar-refractivity contribution is -0.121. The number of hydrogen-bond donors (Lipinski definition) is 4. The minimum atomic E-state index is -0.527. The molecule has 0 aliphatic carbocycles. The third-order valence-electron chi connectivity index (χ3n) is 3.81. The summed E-state index contributed by atoms with van der Waals surface area (Å²) in [6.45, 7) is -0.251. The number of carbonyl (C=O) groups is 2. The topological polar surface area (TPSA) is 91.5 Å². The second kappa shape index (κ2) is 10.4. The lowest BCUT2D eigenvalue weighted by Crippen LogP contribution is -2.50. The van der Waals surface area contributed by atoms with E-state index in [1.54, 1.807) is 30.3 Å². The van der Waals surface area contributed by atoms with Crippen LogP contribution in [0.1, 0.15) is 0 Å². The molecule has 0 atom stereocenters. The molecule has 3 rings (SSSR count). The zero-order valence-electron chi connectivity index (χ0n) is 15.4. The average molecular weight is 552 g/mol. The normalized spacial score (nSPS) is 10.2. The molecule has 0 radical (unpaired) electrons. The Bertz CT molecular complexity index is 1100. The van der Waals surface area contributed by atoms with Crippen LogP contribution in [0.25, 0.3) is 10.8 Å². The Morgan fingerprint density at radius 1 is 0.967 bits per heavy atom. The number of hydrazine groups is 1. The average Bonchev–Trinajstić information content (AvgIpc) is 2.72. The minimum absolute atomic E-state index is 0.0609. The smallest absolute Gasteiger partial charge is 0.337 e. The molecule has 10 heteroatoms. The first-order valence-corrected chi connectivity index (χ1v) is 10.6. The zero-order chi connectivity index (χ0) is 21.5. The third kappa shape index (κ3) is 6.15. The highest BCUT2D eigenvalue weighted by Crippen LogP contribution is 2.34. The Hall–Kier alpha value is -2.69. The van der Waals surface area contributed by atoms with Gasteiger partial charge in [0.1, 0.15) is 5.75 Å². The number of nitrogens with one attached hydrogen (secondary N) is 4. The molecule has 0 saturated carbocycles. The minimum Gasteiger partial charge on any atom is -0.483 e. The van der Waals surface area contributed by atoms with Gasteiger partial charge < -0.3 is 10.1 Å². The van der Waals surface area contributed by atoms with E-state index in [1.807, 2.05) is 30.3 Å². The summed E-state index contributed by atoms with van der Waals surface area (Å²) < 4.78 is 7.31. The number of rotatable bonds is 4. The van der Waals surface area contributed by atoms with Gasteiger partial charge in [0.15, 0.2) is 11.7 Å². The van der Waals surface area contributed by atoms with Gasteiger partial charge in [-0.05, 0) is 69.3 Å². The Balaban J connectivity index is 1.45. The number of amides is 3. The molecule has 154 valence electrons. The first-order chi connectivity index (χ1) is 14.4. The summed E-state index contributed by atoms with van der Waals surface area (Å²) in [5, 5.41) is 6.96. The van der Waals surface area contributed by atoms with Crippen LogP contribution in [0.2, 0.25) is 0 Å². The number of hydrogen-bond acceptors (Lipinski definition) is 4. The number of halogens is 2. The molecule has 0 aromatic heterocycles. The summed E-state index contributed by atoms with van der Waals surface area (Å²) >= 11 is 11.9. The second-order valence-corrected chi connectivity index (χ2v) is 8.10. The largest absolute Gasteiger partial charge is 0.483 e. The van der Waals surface area contributed by atoms with Gasteiger partial charge in [-0.2, -0.15) is 0 Å². The van der Waals surface area contributed by atoms with Crippen LogP contribution in [0, 0.1) is 0 Å². The molecule has 3 aromatic rings. The Morgan fingerprint density at radius 2 is 1.73 bits per heavy atom. The van der Waals surface area contributed by atoms with E-state index in [-0.39, 0.29) is 11.7 Å². The maximum Gasteiger partial charge on any atom is 0.337 e. The standard InChI is InChI=1S/C20H16Br2N4O3S/c21-13-7-8-15-12(10-13)6-9-16(18(15)22)29-11-17(27)24-20(30)26-25-19(28)23-14-4-2-1-3-5-14/h1-10H,11H2,(H2,23,25,28)(H2,24,26,27,30). The molecule has 0 bridgehead atoms. The fourth-order valence-corrected chi connectivity index (χ4v) is 3.64. The van der Waals surface area contributed by atoms with Gasteiger partial charge in [0, 0.05) is 10.2 Å². The SMILES string of the molecule is O=C(COc1ccc2cc(Br)ccc2c1Br)NC(=S)NNC(=O)Nc1ccccc1. The van der Waals surface area contributed by atoms with Gasteiger partial charge in [-0.15, -0.1) is 0 Å². The predicted octanol–water partition coefficient (Wildman–Crippen LogP) is 4.47. The zero-order valence-corrected chi connectivity index (χ0v) is 19.4. The molecule has 7 nitrogen and oxygen atoms in total. The lowest BCUT2D eigenvalue weighted by atomic mass is 10.1. The number of thiocarbonyl (C=S) groups is 1. The van der Waals surface area contributed by atoms with Crippen molar-refractivity contribution in [2.45, 2.75) is 0 Å². The van der Waals surface area contributed by atoms with Crippen molar-refractivity contribution in [3.63, 3.8) is 0 Å². The molecule has 0 heterocycles. The van der Waals surface area contributed by atoms with Crippen molar-refractivity contribution < 1.29 is 14.3 Å². The summed E-state index contributed by atoms with van der Waals surface area (Å²) in [7, 11) is 0. The molecule has 3 amide bonds. The number of ether oxygens (including phenoxy) is 1. The molecular formula is C20H16Br2N4O3S. The molecule has 0 spiro atoms. The lowest BCUT2D eigenvalue weighted by Gasteiger charge is -2.13. The molecule has 0 fully saturated rings. The quantitative estimate of drug-likeness (QED) is 0.284. The first-order valence-electron chi connectivity index (χ1n) is 8.65. The van der Waals surface area contributed by atoms with E-state index in [4.69, 9.17) is 17.0 Å². The Morgan fingerprint density at radius 3 is 2.50 bits per heavy atom. The van der Waals surface area contributed by atoms with Crippen LogP contribution in [-0.2, 0) is 4.79 Å². The number of carbonyl (C=O) groups excluding carboxylic acids is 2. The van der Waals surface area contributed by atoms with Crippen LogP contribution in [0.5, 0.6) is 5.75 Å². The first kappa shape index (κ1) is 22.0. The maximum absolute atomic E-state index is 12.1. The van der Waals surface area contributed by atoms with E-state index < -0.39 is 11.9 Å². The number of fused-ring (bicyclic) bond motifs is 1. The predicted molar refractivity (Wildman–Crippen MR) is 127 cm³/mol. The van der Waals surface area contributed by atoms with Gasteiger partial charge in [-0.1, -0.05) is 46.3 Å². The molecule has 0 unspecified atom stereocenters. The van der Waals surface area contributed by atoms with Crippen LogP contribution >= 0.6 is 44.1 Å². The third-order valence-corrected chi connectivity index (χ3v) is 5.33. The van der Waals surface area contributed by atoms with E-state index >= 15 is 0 Å². The highest BCUT2D eigenvalue weighted by molar-refractivity contribution is 9.11. The van der Waals surface area contributed by atoms with Crippen molar-refractivity contribution in [1.29, 1.82) is 0 Å². The number of anilines is 1. The van der Waals surface area contributed by atoms with Gasteiger partial charge in [-0.3, -0.25) is 15.5 Å². The Labute approximate surface area is 194 Å². The monoisotopic (exact) mass is 550 g/mol. The summed E-state index contributed by atoms with van der Waals surface area (Å²) in [4.78, 5) is 23.9. The van der Waals surface area contributed by atoms with E-state index in [1.165, 1.54) is 0 Å². The molecule has 30 heavy (non-hydrogen) atoms. The molecule has 0 aliphatic heterocycles. The van der Waals surface area contributed by atoms with Gasteiger partial charge in [0.2, 0.25) is 0 Å². The van der Waals surface area contributed by atoms with E-state index in [0.29, 0.717) is 11.4 Å². The summed E-state index contributed by atoms with van der Waals surface area (Å²) in [6.07, 6.45) is 0. The fourth-order valence-electron chi connectivity index (χ4n) is 2.49. The molecule has 3 aromatic carbocycles. The van der Waals surface area contributed by atoms with E-state index in [9.17, 15) is 9.59 Å². The molecular weight excluding hydrogens is 536 g/mol. The van der Waals surface area contributed by atoms with Crippen molar-refractivity contribution in [1.82, 2.24) is 16.2 Å².